The SMILES string of the molecule is COc1ccccc1CCNc1ccc(NC(=O)COc2ccccc2)cc1. The fraction of sp³-hybridized carbons (Fsp3) is 0.174. The molecule has 2 N–H and O–H groups in total. The van der Waals surface area contributed by atoms with Crippen molar-refractivity contribution < 1.29 is 14.3 Å². The molecule has 1 amide bonds. The number of benzene rings is 3. The van der Waals surface area contributed by atoms with Crippen LogP contribution >= 0.6 is 0 Å². The lowest BCUT2D eigenvalue weighted by Gasteiger charge is -2.11. The van der Waals surface area contributed by atoms with E-state index in [4.69, 9.17) is 9.47 Å². The molecule has 0 aliphatic heterocycles. The molecule has 3 rings (SSSR count). The van der Waals surface area contributed by atoms with Crippen molar-refractivity contribution in [1.82, 2.24) is 0 Å². The van der Waals surface area contributed by atoms with E-state index in [2.05, 4.69) is 16.7 Å². The van der Waals surface area contributed by atoms with Crippen molar-refractivity contribution in [2.24, 2.45) is 0 Å². The van der Waals surface area contributed by atoms with E-state index in [-0.39, 0.29) is 12.5 Å². The van der Waals surface area contributed by atoms with Gasteiger partial charge in [-0.05, 0) is 54.4 Å². The second-order valence-electron chi connectivity index (χ2n) is 6.22. The van der Waals surface area contributed by atoms with Gasteiger partial charge in [0.15, 0.2) is 6.61 Å². The van der Waals surface area contributed by atoms with E-state index < -0.39 is 0 Å². The van der Waals surface area contributed by atoms with Gasteiger partial charge in [-0.1, -0.05) is 36.4 Å². The zero-order chi connectivity index (χ0) is 19.6. The number of para-hydroxylation sites is 2. The van der Waals surface area contributed by atoms with Crippen LogP contribution in [0.4, 0.5) is 11.4 Å². The first-order chi connectivity index (χ1) is 13.7. The number of anilines is 2. The molecule has 5 heteroatoms. The molecule has 0 unspecified atom stereocenters. The highest BCUT2D eigenvalue weighted by atomic mass is 16.5. The van der Waals surface area contributed by atoms with Crippen LogP contribution < -0.4 is 20.1 Å². The van der Waals surface area contributed by atoms with Gasteiger partial charge < -0.3 is 20.1 Å². The van der Waals surface area contributed by atoms with Gasteiger partial charge in [0.2, 0.25) is 0 Å². The molecule has 0 spiro atoms. The Morgan fingerprint density at radius 3 is 2.29 bits per heavy atom. The molecule has 0 bridgehead atoms. The van der Waals surface area contributed by atoms with E-state index in [1.807, 2.05) is 72.8 Å². The number of methoxy groups -OCH3 is 1. The Morgan fingerprint density at radius 2 is 1.54 bits per heavy atom. The summed E-state index contributed by atoms with van der Waals surface area (Å²) in [6, 6.07) is 24.9. The van der Waals surface area contributed by atoms with Gasteiger partial charge in [-0.15, -0.1) is 0 Å². The number of nitrogens with one attached hydrogen (secondary N) is 2. The molecule has 0 heterocycles. The molecule has 28 heavy (non-hydrogen) atoms. The number of amides is 1. The fourth-order valence-corrected chi connectivity index (χ4v) is 2.79. The minimum Gasteiger partial charge on any atom is -0.496 e. The minimum atomic E-state index is -0.194. The molecule has 0 fully saturated rings. The summed E-state index contributed by atoms with van der Waals surface area (Å²) < 4.78 is 10.8. The first-order valence-corrected chi connectivity index (χ1v) is 9.18. The van der Waals surface area contributed by atoms with Crippen LogP contribution in [0.1, 0.15) is 5.56 Å². The highest BCUT2D eigenvalue weighted by Gasteiger charge is 2.04. The van der Waals surface area contributed by atoms with Crippen LogP contribution in [-0.4, -0.2) is 26.2 Å². The Morgan fingerprint density at radius 1 is 0.857 bits per heavy atom. The fourth-order valence-electron chi connectivity index (χ4n) is 2.79. The van der Waals surface area contributed by atoms with Gasteiger partial charge in [-0.2, -0.15) is 0 Å². The first-order valence-electron chi connectivity index (χ1n) is 9.18. The maximum absolute atomic E-state index is 12.0. The summed E-state index contributed by atoms with van der Waals surface area (Å²) in [6.45, 7) is 0.764. The number of carbonyl (C=O) groups is 1. The third-order valence-electron chi connectivity index (χ3n) is 4.20. The predicted octanol–water partition coefficient (Wildman–Crippen LogP) is 4.37. The Labute approximate surface area is 165 Å². The van der Waals surface area contributed by atoms with Crippen molar-refractivity contribution in [3.8, 4) is 11.5 Å². The topological polar surface area (TPSA) is 59.6 Å². The minimum absolute atomic E-state index is 0.0249. The third kappa shape index (κ3) is 5.77. The lowest BCUT2D eigenvalue weighted by molar-refractivity contribution is -0.118. The summed E-state index contributed by atoms with van der Waals surface area (Å²) in [4.78, 5) is 12.0. The zero-order valence-electron chi connectivity index (χ0n) is 15.9. The van der Waals surface area contributed by atoms with E-state index in [1.165, 1.54) is 5.56 Å². The average molecular weight is 376 g/mol. The third-order valence-corrected chi connectivity index (χ3v) is 4.20. The molecule has 0 radical (unpaired) electrons. The summed E-state index contributed by atoms with van der Waals surface area (Å²) in [5.41, 5.74) is 2.89. The molecule has 0 atom stereocenters. The lowest BCUT2D eigenvalue weighted by atomic mass is 10.1. The molecular formula is C23H24N2O3. The van der Waals surface area contributed by atoms with E-state index in [9.17, 15) is 4.79 Å². The molecule has 144 valence electrons. The van der Waals surface area contributed by atoms with E-state index in [0.29, 0.717) is 5.75 Å². The zero-order valence-corrected chi connectivity index (χ0v) is 15.9. The molecular weight excluding hydrogens is 352 g/mol. The largest absolute Gasteiger partial charge is 0.496 e. The van der Waals surface area contributed by atoms with Crippen LogP contribution in [0.15, 0.2) is 78.9 Å². The average Bonchev–Trinajstić information content (AvgIpc) is 2.74. The molecule has 0 aliphatic rings. The summed E-state index contributed by atoms with van der Waals surface area (Å²) in [5.74, 6) is 1.38. The van der Waals surface area contributed by atoms with Gasteiger partial charge in [-0.25, -0.2) is 0 Å². The van der Waals surface area contributed by atoms with Crippen LogP contribution in [0.2, 0.25) is 0 Å². The van der Waals surface area contributed by atoms with E-state index in [1.54, 1.807) is 7.11 Å². The summed E-state index contributed by atoms with van der Waals surface area (Å²) in [5, 5.41) is 6.21. The number of rotatable bonds is 9. The van der Waals surface area contributed by atoms with Crippen molar-refractivity contribution in [1.29, 1.82) is 0 Å². The normalized spacial score (nSPS) is 10.2. The quantitative estimate of drug-likeness (QED) is 0.582. The summed E-state index contributed by atoms with van der Waals surface area (Å²) in [7, 11) is 1.68. The van der Waals surface area contributed by atoms with Gasteiger partial charge in [0.25, 0.3) is 5.91 Å². The van der Waals surface area contributed by atoms with Gasteiger partial charge in [0.05, 0.1) is 7.11 Å². The number of ether oxygens (including phenoxy) is 2. The van der Waals surface area contributed by atoms with Crippen LogP contribution in [0.25, 0.3) is 0 Å². The Kier molecular flexibility index (Phi) is 6.90. The molecule has 3 aromatic carbocycles. The first kappa shape index (κ1) is 19.3. The highest BCUT2D eigenvalue weighted by molar-refractivity contribution is 5.92. The van der Waals surface area contributed by atoms with Gasteiger partial charge in [-0.3, -0.25) is 4.79 Å². The summed E-state index contributed by atoms with van der Waals surface area (Å²) in [6.07, 6.45) is 0.860. The van der Waals surface area contributed by atoms with Crippen LogP contribution in [0.5, 0.6) is 11.5 Å². The van der Waals surface area contributed by atoms with Gasteiger partial charge in [0, 0.05) is 17.9 Å². The molecule has 0 aromatic heterocycles. The van der Waals surface area contributed by atoms with Gasteiger partial charge in [0.1, 0.15) is 11.5 Å². The number of hydrogen-bond acceptors (Lipinski definition) is 4. The monoisotopic (exact) mass is 376 g/mol. The second-order valence-corrected chi connectivity index (χ2v) is 6.22. The maximum atomic E-state index is 12.0. The summed E-state index contributed by atoms with van der Waals surface area (Å²) >= 11 is 0. The Bertz CT molecular complexity index is 880. The molecule has 0 aliphatic carbocycles. The van der Waals surface area contributed by atoms with Crippen molar-refractivity contribution in [2.45, 2.75) is 6.42 Å². The molecule has 0 saturated carbocycles. The second kappa shape index (κ2) is 10.0. The van der Waals surface area contributed by atoms with Crippen molar-refractivity contribution in [3.05, 3.63) is 84.4 Å². The Hall–Kier alpha value is -3.47. The number of hydrogen-bond donors (Lipinski definition) is 2. The van der Waals surface area contributed by atoms with Crippen LogP contribution in [-0.2, 0) is 11.2 Å². The smallest absolute Gasteiger partial charge is 0.262 e. The lowest BCUT2D eigenvalue weighted by Crippen LogP contribution is -2.20. The predicted molar refractivity (Wildman–Crippen MR) is 112 cm³/mol. The van der Waals surface area contributed by atoms with Crippen molar-refractivity contribution >= 4 is 17.3 Å². The van der Waals surface area contributed by atoms with Crippen molar-refractivity contribution in [2.75, 3.05) is 30.9 Å². The highest BCUT2D eigenvalue weighted by Crippen LogP contribution is 2.18. The van der Waals surface area contributed by atoms with Gasteiger partial charge >= 0.3 is 0 Å². The standard InChI is InChI=1S/C23H24N2O3/c1-27-22-10-6-5-7-18(22)15-16-24-19-11-13-20(14-12-19)25-23(26)17-28-21-8-3-2-4-9-21/h2-14,24H,15-17H2,1H3,(H,25,26). The van der Waals surface area contributed by atoms with Crippen LogP contribution in [0.3, 0.4) is 0 Å². The van der Waals surface area contributed by atoms with E-state index in [0.717, 1.165) is 30.1 Å². The molecule has 3 aromatic rings. The number of carbonyl (C=O) groups excluding carboxylic acids is 1. The van der Waals surface area contributed by atoms with Crippen molar-refractivity contribution in [3.63, 3.8) is 0 Å². The Balaban J connectivity index is 1.43. The maximum Gasteiger partial charge on any atom is 0.262 e. The molecule has 5 nitrogen and oxygen atoms in total. The molecule has 0 saturated heterocycles. The van der Waals surface area contributed by atoms with Crippen LogP contribution in [0, 0.1) is 0 Å². The van der Waals surface area contributed by atoms with E-state index >= 15 is 0 Å².